The van der Waals surface area contributed by atoms with Crippen LogP contribution in [0.3, 0.4) is 0 Å². The van der Waals surface area contributed by atoms with Crippen molar-refractivity contribution < 1.29 is 23.7 Å². The highest BCUT2D eigenvalue weighted by atomic mass is 79.9. The van der Waals surface area contributed by atoms with E-state index in [2.05, 4.69) is 40.8 Å². The minimum absolute atomic E-state index is 0.0843. The van der Waals surface area contributed by atoms with Gasteiger partial charge < -0.3 is 18.9 Å². The van der Waals surface area contributed by atoms with Crippen LogP contribution < -0.4 is 0 Å². The molecule has 184 valence electrons. The third-order valence-corrected chi connectivity index (χ3v) is 8.37. The second-order valence-corrected chi connectivity index (χ2v) is 11.1. The Morgan fingerprint density at radius 1 is 1.15 bits per heavy atom. The molecule has 8 atom stereocenters. The Balaban J connectivity index is 1.52. The van der Waals surface area contributed by atoms with Gasteiger partial charge in [0.2, 0.25) is 0 Å². The van der Waals surface area contributed by atoms with Crippen molar-refractivity contribution in [3.05, 3.63) is 10.6 Å². The Morgan fingerprint density at radius 3 is 2.55 bits per heavy atom. The summed E-state index contributed by atoms with van der Waals surface area (Å²) in [5.74, 6) is 7.78. The predicted octanol–water partition coefficient (Wildman–Crippen LogP) is 5.75. The molecule has 4 fully saturated rings. The highest BCUT2D eigenvalue weighted by molar-refractivity contribution is 9.11. The van der Waals surface area contributed by atoms with Crippen molar-refractivity contribution in [2.45, 2.75) is 103 Å². The van der Waals surface area contributed by atoms with Crippen molar-refractivity contribution in [3.8, 4) is 11.8 Å². The Labute approximate surface area is 207 Å². The molecular weight excluding hydrogens is 484 g/mol. The smallest absolute Gasteiger partial charge is 0.158 e. The summed E-state index contributed by atoms with van der Waals surface area (Å²) in [6.07, 6.45) is 11.4. The van der Waals surface area contributed by atoms with Gasteiger partial charge in [0.15, 0.2) is 12.6 Å². The summed E-state index contributed by atoms with van der Waals surface area (Å²) in [4.78, 5) is 12.3. The van der Waals surface area contributed by atoms with Crippen LogP contribution in [-0.2, 0) is 23.7 Å². The number of hydrogen-bond donors (Lipinski definition) is 0. The molecule has 2 heterocycles. The Morgan fingerprint density at radius 2 is 1.88 bits per heavy atom. The molecule has 5 nitrogen and oxygen atoms in total. The highest BCUT2D eigenvalue weighted by Crippen LogP contribution is 2.49. The van der Waals surface area contributed by atoms with Crippen LogP contribution in [0.1, 0.15) is 78.1 Å². The SMILES string of the molecule is CC#CCC(C)[C@H](OC1CCCCO1)C(Br)=C[C@H]1[C@H]2CC(=O)C[C@H]2C[C@H]1OC1CCCCO1. The molecule has 0 spiro atoms. The van der Waals surface area contributed by atoms with E-state index in [4.69, 9.17) is 18.9 Å². The molecule has 2 aliphatic carbocycles. The summed E-state index contributed by atoms with van der Waals surface area (Å²) in [6.45, 7) is 5.60. The number of ketones is 1. The minimum Gasteiger partial charge on any atom is -0.353 e. The number of Topliss-reactive ketones (excluding diaryl/α,β-unsaturated/α-hetero) is 1. The highest BCUT2D eigenvalue weighted by Gasteiger charge is 2.49. The summed E-state index contributed by atoms with van der Waals surface area (Å²) < 4.78 is 25.8. The van der Waals surface area contributed by atoms with Gasteiger partial charge in [-0.3, -0.25) is 4.79 Å². The fourth-order valence-electron chi connectivity index (χ4n) is 5.89. The molecule has 0 aromatic carbocycles. The summed E-state index contributed by atoms with van der Waals surface area (Å²) in [5.41, 5.74) is 0. The summed E-state index contributed by atoms with van der Waals surface area (Å²) in [7, 11) is 0. The molecule has 6 heteroatoms. The van der Waals surface area contributed by atoms with Gasteiger partial charge in [-0.15, -0.1) is 11.8 Å². The zero-order valence-electron chi connectivity index (χ0n) is 20.1. The van der Waals surface area contributed by atoms with E-state index < -0.39 is 0 Å². The average molecular weight is 524 g/mol. The van der Waals surface area contributed by atoms with Crippen LogP contribution in [0.4, 0.5) is 0 Å². The maximum Gasteiger partial charge on any atom is 0.158 e. The first-order chi connectivity index (χ1) is 16.0. The van der Waals surface area contributed by atoms with Crippen LogP contribution in [0.5, 0.6) is 0 Å². The topological polar surface area (TPSA) is 54.0 Å². The van der Waals surface area contributed by atoms with E-state index >= 15 is 0 Å². The van der Waals surface area contributed by atoms with Crippen molar-refractivity contribution >= 4 is 21.7 Å². The van der Waals surface area contributed by atoms with E-state index in [0.717, 1.165) is 69.1 Å². The lowest BCUT2D eigenvalue weighted by atomic mass is 9.89. The zero-order valence-corrected chi connectivity index (χ0v) is 21.7. The van der Waals surface area contributed by atoms with Crippen LogP contribution in [-0.4, -0.2) is 43.8 Å². The fourth-order valence-corrected chi connectivity index (χ4v) is 6.75. The lowest BCUT2D eigenvalue weighted by molar-refractivity contribution is -0.193. The zero-order chi connectivity index (χ0) is 23.2. The van der Waals surface area contributed by atoms with Gasteiger partial charge in [-0.05, 0) is 69.6 Å². The van der Waals surface area contributed by atoms with E-state index in [1.165, 1.54) is 0 Å². The summed E-state index contributed by atoms with van der Waals surface area (Å²) in [5, 5.41) is 0. The normalized spacial score (nSPS) is 36.7. The molecule has 3 unspecified atom stereocenters. The van der Waals surface area contributed by atoms with Crippen LogP contribution in [0.2, 0.25) is 0 Å². The molecular formula is C27H39BrO5. The van der Waals surface area contributed by atoms with Crippen LogP contribution in [0.15, 0.2) is 10.6 Å². The van der Waals surface area contributed by atoms with Crippen LogP contribution >= 0.6 is 15.9 Å². The number of carbonyl (C=O) groups is 1. The molecule has 0 aromatic rings. The van der Waals surface area contributed by atoms with Crippen molar-refractivity contribution in [2.75, 3.05) is 13.2 Å². The lowest BCUT2D eigenvalue weighted by Gasteiger charge is -2.32. The summed E-state index contributed by atoms with van der Waals surface area (Å²) >= 11 is 3.90. The molecule has 0 radical (unpaired) electrons. The van der Waals surface area contributed by atoms with Crippen molar-refractivity contribution in [1.82, 2.24) is 0 Å². The maximum absolute atomic E-state index is 12.3. The Hall–Kier alpha value is -0.710. The fraction of sp³-hybridized carbons (Fsp3) is 0.815. The van der Waals surface area contributed by atoms with Gasteiger partial charge in [0.25, 0.3) is 0 Å². The molecule has 2 aliphatic heterocycles. The maximum atomic E-state index is 12.3. The molecule has 0 bridgehead atoms. The number of fused-ring (bicyclic) bond motifs is 1. The molecule has 0 N–H and O–H groups in total. The standard InChI is InChI=1S/C27H39BrO5/c1-3-4-9-18(2)27(33-26-11-6-8-13-31-26)23(28)17-22-21-16-20(29)14-19(21)15-24(22)32-25-10-5-7-12-30-25/h17-19,21-22,24-27H,5-16H2,1-2H3/t18?,19-,21-,22-,24+,25?,26?,27-/m0/s1. The van der Waals surface area contributed by atoms with Gasteiger partial charge in [-0.1, -0.05) is 28.9 Å². The number of ether oxygens (including phenoxy) is 4. The molecule has 0 aromatic heterocycles. The van der Waals surface area contributed by atoms with Gasteiger partial charge in [0, 0.05) is 42.9 Å². The predicted molar refractivity (Wildman–Crippen MR) is 130 cm³/mol. The Bertz CT molecular complexity index is 743. The number of carbonyl (C=O) groups excluding carboxylic acids is 1. The van der Waals surface area contributed by atoms with Gasteiger partial charge in [0.05, 0.1) is 12.2 Å². The Kier molecular flexibility index (Phi) is 9.47. The van der Waals surface area contributed by atoms with E-state index in [1.54, 1.807) is 0 Å². The summed E-state index contributed by atoms with van der Waals surface area (Å²) in [6, 6.07) is 0. The molecule has 4 rings (SSSR count). The first-order valence-electron chi connectivity index (χ1n) is 12.9. The van der Waals surface area contributed by atoms with Crippen molar-refractivity contribution in [3.63, 3.8) is 0 Å². The van der Waals surface area contributed by atoms with E-state index in [1.807, 2.05) is 6.92 Å². The molecule has 4 aliphatic rings. The monoisotopic (exact) mass is 522 g/mol. The number of rotatable bonds is 8. The lowest BCUT2D eigenvalue weighted by Crippen LogP contribution is -2.33. The van der Waals surface area contributed by atoms with Crippen LogP contribution in [0, 0.1) is 35.5 Å². The molecule has 0 amide bonds. The molecule has 2 saturated heterocycles. The average Bonchev–Trinajstić information content (AvgIpc) is 3.33. The van der Waals surface area contributed by atoms with Gasteiger partial charge >= 0.3 is 0 Å². The minimum atomic E-state index is -0.172. The quantitative estimate of drug-likeness (QED) is 0.379. The first-order valence-corrected chi connectivity index (χ1v) is 13.7. The first kappa shape index (κ1) is 25.4. The third kappa shape index (κ3) is 6.70. The largest absolute Gasteiger partial charge is 0.353 e. The second-order valence-electron chi connectivity index (χ2n) is 10.2. The number of hydrogen-bond acceptors (Lipinski definition) is 5. The third-order valence-electron chi connectivity index (χ3n) is 7.66. The van der Waals surface area contributed by atoms with Crippen LogP contribution in [0.25, 0.3) is 0 Å². The van der Waals surface area contributed by atoms with Gasteiger partial charge in [0.1, 0.15) is 5.78 Å². The van der Waals surface area contributed by atoms with Gasteiger partial charge in [-0.25, -0.2) is 0 Å². The van der Waals surface area contributed by atoms with E-state index in [-0.39, 0.29) is 36.6 Å². The molecule has 33 heavy (non-hydrogen) atoms. The molecule has 2 saturated carbocycles. The van der Waals surface area contributed by atoms with Crippen molar-refractivity contribution in [2.24, 2.45) is 23.7 Å². The van der Waals surface area contributed by atoms with Crippen molar-refractivity contribution in [1.29, 1.82) is 0 Å². The van der Waals surface area contributed by atoms with E-state index in [9.17, 15) is 4.79 Å². The number of halogens is 1. The van der Waals surface area contributed by atoms with Gasteiger partial charge in [-0.2, -0.15) is 0 Å². The van der Waals surface area contributed by atoms with E-state index in [0.29, 0.717) is 30.5 Å². The second kappa shape index (κ2) is 12.3.